The number of amides is 2. The molecule has 2 aromatic rings. The number of carbonyl (C=O) groups is 3. The lowest BCUT2D eigenvalue weighted by Crippen LogP contribution is -2.53. The second-order valence-corrected chi connectivity index (χ2v) is 8.37. The molecule has 35 heavy (non-hydrogen) atoms. The predicted octanol–water partition coefficient (Wildman–Crippen LogP) is 4.25. The van der Waals surface area contributed by atoms with E-state index in [9.17, 15) is 27.6 Å². The molecule has 0 saturated carbocycles. The van der Waals surface area contributed by atoms with Gasteiger partial charge in [-0.05, 0) is 29.5 Å². The van der Waals surface area contributed by atoms with Crippen LogP contribution in [0.5, 0.6) is 0 Å². The number of esters is 1. The molecule has 0 radical (unpaired) electrons. The number of rotatable bonds is 10. The van der Waals surface area contributed by atoms with E-state index in [1.165, 1.54) is 12.1 Å². The lowest BCUT2D eigenvalue weighted by atomic mass is 10.0. The van der Waals surface area contributed by atoms with Gasteiger partial charge in [-0.15, -0.1) is 0 Å². The number of methoxy groups -OCH3 is 1. The zero-order valence-electron chi connectivity index (χ0n) is 19.7. The second kappa shape index (κ2) is 12.8. The van der Waals surface area contributed by atoms with Gasteiger partial charge in [0.2, 0.25) is 5.91 Å². The number of alkyl halides is 3. The molecule has 2 amide bonds. The van der Waals surface area contributed by atoms with Crippen LogP contribution in [0.15, 0.2) is 54.6 Å². The van der Waals surface area contributed by atoms with Crippen LogP contribution in [0.1, 0.15) is 37.0 Å². The summed E-state index contributed by atoms with van der Waals surface area (Å²) in [5.74, 6) is -1.51. The molecule has 2 aromatic carbocycles. The molecule has 0 saturated heterocycles. The number of nitrogens with one attached hydrogen (secondary N) is 2. The van der Waals surface area contributed by atoms with Crippen molar-refractivity contribution in [1.82, 2.24) is 10.6 Å². The van der Waals surface area contributed by atoms with E-state index in [4.69, 9.17) is 9.47 Å². The van der Waals surface area contributed by atoms with Crippen LogP contribution in [0.3, 0.4) is 0 Å². The van der Waals surface area contributed by atoms with Crippen molar-refractivity contribution in [3.8, 4) is 0 Å². The molecule has 2 atom stereocenters. The molecule has 190 valence electrons. The van der Waals surface area contributed by atoms with Gasteiger partial charge < -0.3 is 20.1 Å². The van der Waals surface area contributed by atoms with Gasteiger partial charge in [0.15, 0.2) is 0 Å². The highest BCUT2D eigenvalue weighted by molar-refractivity contribution is 5.89. The Kier molecular flexibility index (Phi) is 10.1. The van der Waals surface area contributed by atoms with Crippen LogP contribution < -0.4 is 10.6 Å². The third-order valence-corrected chi connectivity index (χ3v) is 5.02. The van der Waals surface area contributed by atoms with Crippen LogP contribution >= 0.6 is 0 Å². The van der Waals surface area contributed by atoms with Gasteiger partial charge in [-0.25, -0.2) is 9.59 Å². The second-order valence-electron chi connectivity index (χ2n) is 8.37. The predicted molar refractivity (Wildman–Crippen MR) is 122 cm³/mol. The monoisotopic (exact) mass is 494 g/mol. The van der Waals surface area contributed by atoms with Crippen molar-refractivity contribution in [3.63, 3.8) is 0 Å². The first-order valence-corrected chi connectivity index (χ1v) is 11.0. The Morgan fingerprint density at radius 3 is 2.17 bits per heavy atom. The molecule has 2 rings (SSSR count). The summed E-state index contributed by atoms with van der Waals surface area (Å²) in [6.45, 7) is 3.69. The summed E-state index contributed by atoms with van der Waals surface area (Å²) in [5.41, 5.74) is 0.0796. The molecular weight excluding hydrogens is 465 g/mol. The van der Waals surface area contributed by atoms with E-state index in [0.29, 0.717) is 0 Å². The van der Waals surface area contributed by atoms with Crippen molar-refractivity contribution in [2.45, 2.75) is 51.6 Å². The summed E-state index contributed by atoms with van der Waals surface area (Å²) in [7, 11) is 1.11. The zero-order valence-corrected chi connectivity index (χ0v) is 19.7. The summed E-state index contributed by atoms with van der Waals surface area (Å²) in [4.78, 5) is 37.6. The quantitative estimate of drug-likeness (QED) is 0.482. The van der Waals surface area contributed by atoms with Crippen LogP contribution in [0.2, 0.25) is 0 Å². The Morgan fingerprint density at radius 2 is 1.57 bits per heavy atom. The topological polar surface area (TPSA) is 93.7 Å². The summed E-state index contributed by atoms with van der Waals surface area (Å²) in [6.07, 6.45) is -5.35. The van der Waals surface area contributed by atoms with E-state index in [1.807, 2.05) is 19.9 Å². The van der Waals surface area contributed by atoms with Crippen molar-refractivity contribution in [2.24, 2.45) is 5.92 Å². The van der Waals surface area contributed by atoms with Gasteiger partial charge in [-0.1, -0.05) is 62.4 Å². The Bertz CT molecular complexity index is 996. The number of carbonyl (C=O) groups excluding carboxylic acids is 3. The Balaban J connectivity index is 2.10. The average Bonchev–Trinajstić information content (AvgIpc) is 2.81. The third-order valence-electron chi connectivity index (χ3n) is 5.02. The molecule has 0 spiro atoms. The number of benzene rings is 2. The van der Waals surface area contributed by atoms with Crippen LogP contribution in [-0.2, 0) is 38.3 Å². The normalized spacial score (nSPS) is 13.0. The summed E-state index contributed by atoms with van der Waals surface area (Å²) >= 11 is 0. The molecule has 7 nitrogen and oxygen atoms in total. The average molecular weight is 495 g/mol. The minimum Gasteiger partial charge on any atom is -0.467 e. The lowest BCUT2D eigenvalue weighted by Gasteiger charge is -2.23. The van der Waals surface area contributed by atoms with E-state index in [-0.39, 0.29) is 30.9 Å². The minimum absolute atomic E-state index is 0.000201. The van der Waals surface area contributed by atoms with Crippen molar-refractivity contribution in [1.29, 1.82) is 0 Å². The highest BCUT2D eigenvalue weighted by Gasteiger charge is 2.32. The minimum atomic E-state index is -4.55. The van der Waals surface area contributed by atoms with Gasteiger partial charge in [-0.2, -0.15) is 13.2 Å². The summed E-state index contributed by atoms with van der Waals surface area (Å²) < 4.78 is 49.0. The lowest BCUT2D eigenvalue weighted by molar-refractivity contribution is -0.145. The van der Waals surface area contributed by atoms with Gasteiger partial charge in [0.05, 0.1) is 12.7 Å². The SMILES string of the molecule is COC(=O)[C@@H](Cc1cccc(C(F)(F)F)c1)NC(=O)[C@H](CC(C)C)NC(=O)OCc1ccccc1. The van der Waals surface area contributed by atoms with Crippen LogP contribution in [0.25, 0.3) is 0 Å². The maximum Gasteiger partial charge on any atom is 0.416 e. The summed E-state index contributed by atoms with van der Waals surface area (Å²) in [5, 5.41) is 4.99. The fraction of sp³-hybridized carbons (Fsp3) is 0.400. The molecule has 0 bridgehead atoms. The van der Waals surface area contributed by atoms with Gasteiger partial charge >= 0.3 is 18.2 Å². The van der Waals surface area contributed by atoms with Crippen molar-refractivity contribution in [3.05, 3.63) is 71.3 Å². The Hall–Kier alpha value is -3.56. The Morgan fingerprint density at radius 1 is 0.914 bits per heavy atom. The highest BCUT2D eigenvalue weighted by Crippen LogP contribution is 2.29. The van der Waals surface area contributed by atoms with E-state index in [1.54, 1.807) is 24.3 Å². The van der Waals surface area contributed by atoms with Gasteiger partial charge in [0.25, 0.3) is 0 Å². The van der Waals surface area contributed by atoms with Gasteiger partial charge in [0.1, 0.15) is 18.7 Å². The number of halogens is 3. The molecular formula is C25H29F3N2O5. The maximum absolute atomic E-state index is 13.0. The number of ether oxygens (including phenoxy) is 2. The van der Waals surface area contributed by atoms with Crippen molar-refractivity contribution < 1.29 is 37.0 Å². The fourth-order valence-electron chi connectivity index (χ4n) is 3.33. The largest absolute Gasteiger partial charge is 0.467 e. The zero-order chi connectivity index (χ0) is 26.0. The number of hydrogen-bond donors (Lipinski definition) is 2. The molecule has 0 aromatic heterocycles. The first kappa shape index (κ1) is 27.7. The first-order valence-electron chi connectivity index (χ1n) is 11.0. The standard InChI is InChI=1S/C25H29F3N2O5/c1-16(2)12-20(30-24(33)35-15-17-8-5-4-6-9-17)22(31)29-21(23(32)34-3)14-18-10-7-11-19(13-18)25(26,27)28/h4-11,13,16,20-21H,12,14-15H2,1-3H3,(H,29,31)(H,30,33)/t20-,21+/m0/s1. The van der Waals surface area contributed by atoms with Crippen LogP contribution in [0.4, 0.5) is 18.0 Å². The number of hydrogen-bond acceptors (Lipinski definition) is 5. The van der Waals surface area contributed by atoms with Crippen LogP contribution in [-0.4, -0.2) is 37.2 Å². The third kappa shape index (κ3) is 9.30. The molecule has 0 aliphatic heterocycles. The smallest absolute Gasteiger partial charge is 0.416 e. The molecule has 0 heterocycles. The molecule has 0 unspecified atom stereocenters. The maximum atomic E-state index is 13.0. The van der Waals surface area contributed by atoms with Crippen LogP contribution in [0, 0.1) is 5.92 Å². The van der Waals surface area contributed by atoms with E-state index < -0.39 is 41.8 Å². The van der Waals surface area contributed by atoms with Crippen molar-refractivity contribution >= 4 is 18.0 Å². The van der Waals surface area contributed by atoms with E-state index >= 15 is 0 Å². The van der Waals surface area contributed by atoms with Crippen molar-refractivity contribution in [2.75, 3.05) is 7.11 Å². The Labute approximate surface area is 202 Å². The molecule has 0 aliphatic carbocycles. The van der Waals surface area contributed by atoms with Gasteiger partial charge in [0, 0.05) is 6.42 Å². The van der Waals surface area contributed by atoms with E-state index in [2.05, 4.69) is 10.6 Å². The number of alkyl carbamates (subject to hydrolysis) is 1. The summed E-state index contributed by atoms with van der Waals surface area (Å²) in [6, 6.07) is 11.1. The molecule has 2 N–H and O–H groups in total. The fourth-order valence-corrected chi connectivity index (χ4v) is 3.33. The first-order chi connectivity index (χ1) is 16.5. The molecule has 10 heteroatoms. The molecule has 0 fully saturated rings. The highest BCUT2D eigenvalue weighted by atomic mass is 19.4. The molecule has 0 aliphatic rings. The van der Waals surface area contributed by atoms with E-state index in [0.717, 1.165) is 24.8 Å². The van der Waals surface area contributed by atoms with Gasteiger partial charge in [-0.3, -0.25) is 4.79 Å².